The Morgan fingerprint density at radius 3 is 2.86 bits per heavy atom. The fraction of sp³-hybridized carbons (Fsp3) is 0.556. The van der Waals surface area contributed by atoms with E-state index >= 15 is 0 Å². The molecule has 5 heteroatoms. The summed E-state index contributed by atoms with van der Waals surface area (Å²) in [6, 6.07) is 1.72. The van der Waals surface area contributed by atoms with Crippen molar-refractivity contribution in [2.45, 2.75) is 13.3 Å². The second-order valence-electron chi connectivity index (χ2n) is 2.64. The number of aromatic nitrogens is 2. The Balaban J connectivity index is 2.18. The lowest BCUT2D eigenvalue weighted by molar-refractivity contribution is 0.0989. The standard InChI is InChI=1S/C9H13BrN2O2/c1-2-3-13-4-5-14-9-6-8(10)11-7-12-9/h6-7H,2-5H2,1H3. The van der Waals surface area contributed by atoms with Crippen molar-refractivity contribution in [2.24, 2.45) is 0 Å². The van der Waals surface area contributed by atoms with Crippen LogP contribution in [0.4, 0.5) is 0 Å². The van der Waals surface area contributed by atoms with Crippen LogP contribution in [0.1, 0.15) is 13.3 Å². The number of rotatable bonds is 6. The summed E-state index contributed by atoms with van der Waals surface area (Å²) in [5, 5.41) is 0. The zero-order valence-corrected chi connectivity index (χ0v) is 9.66. The second kappa shape index (κ2) is 6.73. The molecule has 0 aliphatic rings. The van der Waals surface area contributed by atoms with Crippen molar-refractivity contribution >= 4 is 15.9 Å². The van der Waals surface area contributed by atoms with Gasteiger partial charge in [-0.3, -0.25) is 0 Å². The van der Waals surface area contributed by atoms with Crippen LogP contribution in [0.15, 0.2) is 17.0 Å². The number of hydrogen-bond acceptors (Lipinski definition) is 4. The van der Waals surface area contributed by atoms with E-state index in [1.165, 1.54) is 6.33 Å². The number of hydrogen-bond donors (Lipinski definition) is 0. The van der Waals surface area contributed by atoms with E-state index in [4.69, 9.17) is 9.47 Å². The molecule has 78 valence electrons. The predicted octanol–water partition coefficient (Wildman–Crippen LogP) is 2.04. The van der Waals surface area contributed by atoms with Crippen LogP contribution in [0.2, 0.25) is 0 Å². The smallest absolute Gasteiger partial charge is 0.217 e. The van der Waals surface area contributed by atoms with Gasteiger partial charge in [-0.15, -0.1) is 0 Å². The van der Waals surface area contributed by atoms with E-state index < -0.39 is 0 Å². The molecule has 0 bridgehead atoms. The zero-order chi connectivity index (χ0) is 10.2. The minimum absolute atomic E-state index is 0.517. The summed E-state index contributed by atoms with van der Waals surface area (Å²) in [5.74, 6) is 0.562. The van der Waals surface area contributed by atoms with Crippen LogP contribution < -0.4 is 4.74 Å². The highest BCUT2D eigenvalue weighted by Crippen LogP contribution is 2.11. The molecule has 0 saturated heterocycles. The maximum absolute atomic E-state index is 5.33. The van der Waals surface area contributed by atoms with E-state index in [1.54, 1.807) is 6.07 Å². The van der Waals surface area contributed by atoms with Crippen molar-refractivity contribution in [3.05, 3.63) is 17.0 Å². The molecular weight excluding hydrogens is 248 g/mol. The van der Waals surface area contributed by atoms with Gasteiger partial charge in [0, 0.05) is 12.7 Å². The van der Waals surface area contributed by atoms with Gasteiger partial charge in [0.15, 0.2) is 0 Å². The van der Waals surface area contributed by atoms with Gasteiger partial charge in [0.25, 0.3) is 0 Å². The van der Waals surface area contributed by atoms with Gasteiger partial charge in [-0.1, -0.05) is 6.92 Å². The maximum atomic E-state index is 5.33. The van der Waals surface area contributed by atoms with Crippen LogP contribution in [0, 0.1) is 0 Å². The van der Waals surface area contributed by atoms with Gasteiger partial charge in [0.05, 0.1) is 6.61 Å². The Morgan fingerprint density at radius 2 is 2.14 bits per heavy atom. The Labute approximate surface area is 91.8 Å². The zero-order valence-electron chi connectivity index (χ0n) is 8.07. The topological polar surface area (TPSA) is 44.2 Å². The predicted molar refractivity (Wildman–Crippen MR) is 56.3 cm³/mol. The van der Waals surface area contributed by atoms with Crippen LogP contribution in [0.5, 0.6) is 5.88 Å². The third-order valence-corrected chi connectivity index (χ3v) is 1.87. The van der Waals surface area contributed by atoms with Crippen LogP contribution in [0.25, 0.3) is 0 Å². The highest BCUT2D eigenvalue weighted by Gasteiger charge is 1.96. The van der Waals surface area contributed by atoms with Gasteiger partial charge in [-0.25, -0.2) is 9.97 Å². The average molecular weight is 261 g/mol. The van der Waals surface area contributed by atoms with Crippen LogP contribution in [-0.2, 0) is 4.74 Å². The first-order chi connectivity index (χ1) is 6.83. The molecule has 0 saturated carbocycles. The molecule has 0 N–H and O–H groups in total. The Kier molecular flexibility index (Phi) is 5.47. The molecule has 0 spiro atoms. The lowest BCUT2D eigenvalue weighted by atomic mass is 10.5. The third kappa shape index (κ3) is 4.53. The van der Waals surface area contributed by atoms with Crippen LogP contribution in [-0.4, -0.2) is 29.8 Å². The first kappa shape index (κ1) is 11.4. The van der Waals surface area contributed by atoms with Gasteiger partial charge in [0.1, 0.15) is 17.5 Å². The molecule has 1 heterocycles. The molecule has 4 nitrogen and oxygen atoms in total. The van der Waals surface area contributed by atoms with E-state index in [0.29, 0.717) is 19.1 Å². The summed E-state index contributed by atoms with van der Waals surface area (Å²) < 4.78 is 11.3. The Bertz CT molecular complexity index is 271. The lowest BCUT2D eigenvalue weighted by Gasteiger charge is -2.05. The largest absolute Gasteiger partial charge is 0.475 e. The minimum atomic E-state index is 0.517. The summed E-state index contributed by atoms with van der Waals surface area (Å²) in [5.41, 5.74) is 0. The fourth-order valence-corrected chi connectivity index (χ4v) is 1.14. The van der Waals surface area contributed by atoms with E-state index in [2.05, 4.69) is 32.8 Å². The highest BCUT2D eigenvalue weighted by atomic mass is 79.9. The van der Waals surface area contributed by atoms with Crippen molar-refractivity contribution in [3.63, 3.8) is 0 Å². The molecule has 1 aromatic heterocycles. The Morgan fingerprint density at radius 1 is 1.29 bits per heavy atom. The molecule has 0 unspecified atom stereocenters. The second-order valence-corrected chi connectivity index (χ2v) is 3.45. The van der Waals surface area contributed by atoms with Crippen molar-refractivity contribution in [3.8, 4) is 5.88 Å². The van der Waals surface area contributed by atoms with Crippen molar-refractivity contribution in [1.82, 2.24) is 9.97 Å². The molecule has 0 aliphatic carbocycles. The van der Waals surface area contributed by atoms with Crippen molar-refractivity contribution in [2.75, 3.05) is 19.8 Å². The molecule has 1 rings (SSSR count). The fourth-order valence-electron chi connectivity index (χ4n) is 0.848. The maximum Gasteiger partial charge on any atom is 0.217 e. The van der Waals surface area contributed by atoms with E-state index in [1.807, 2.05) is 0 Å². The SMILES string of the molecule is CCCOCCOc1cc(Br)ncn1. The molecule has 0 amide bonds. The number of nitrogens with zero attached hydrogens (tertiary/aromatic N) is 2. The normalized spacial score (nSPS) is 10.1. The van der Waals surface area contributed by atoms with E-state index in [0.717, 1.165) is 17.6 Å². The number of halogens is 1. The van der Waals surface area contributed by atoms with E-state index in [9.17, 15) is 0 Å². The monoisotopic (exact) mass is 260 g/mol. The van der Waals surface area contributed by atoms with Gasteiger partial charge >= 0.3 is 0 Å². The summed E-state index contributed by atoms with van der Waals surface area (Å²) in [7, 11) is 0. The van der Waals surface area contributed by atoms with Crippen LogP contribution in [0.3, 0.4) is 0 Å². The molecule has 1 aromatic rings. The summed E-state index contributed by atoms with van der Waals surface area (Å²) in [6.07, 6.45) is 2.48. The van der Waals surface area contributed by atoms with Crippen molar-refractivity contribution < 1.29 is 9.47 Å². The quantitative estimate of drug-likeness (QED) is 0.580. The minimum Gasteiger partial charge on any atom is -0.475 e. The van der Waals surface area contributed by atoms with E-state index in [-0.39, 0.29) is 0 Å². The molecule has 0 aliphatic heterocycles. The average Bonchev–Trinajstić information content (AvgIpc) is 2.18. The summed E-state index contributed by atoms with van der Waals surface area (Å²) in [4.78, 5) is 7.83. The van der Waals surface area contributed by atoms with Crippen molar-refractivity contribution in [1.29, 1.82) is 0 Å². The molecule has 0 fully saturated rings. The highest BCUT2D eigenvalue weighted by molar-refractivity contribution is 9.10. The first-order valence-electron chi connectivity index (χ1n) is 4.51. The molecule has 0 aromatic carbocycles. The van der Waals surface area contributed by atoms with Gasteiger partial charge in [0.2, 0.25) is 5.88 Å². The molecule has 0 atom stereocenters. The Hall–Kier alpha value is -0.680. The molecular formula is C9H13BrN2O2. The third-order valence-electron chi connectivity index (χ3n) is 1.43. The molecule has 0 radical (unpaired) electrons. The molecule has 14 heavy (non-hydrogen) atoms. The lowest BCUT2D eigenvalue weighted by Crippen LogP contribution is -2.07. The van der Waals surface area contributed by atoms with Gasteiger partial charge < -0.3 is 9.47 Å². The number of ether oxygens (including phenoxy) is 2. The summed E-state index contributed by atoms with van der Waals surface area (Å²) in [6.45, 7) is 3.96. The first-order valence-corrected chi connectivity index (χ1v) is 5.30. The van der Waals surface area contributed by atoms with Gasteiger partial charge in [-0.05, 0) is 22.4 Å². The summed E-state index contributed by atoms with van der Waals surface area (Å²) >= 11 is 3.23. The van der Waals surface area contributed by atoms with Crippen LogP contribution >= 0.6 is 15.9 Å². The van der Waals surface area contributed by atoms with Gasteiger partial charge in [-0.2, -0.15) is 0 Å².